The van der Waals surface area contributed by atoms with Crippen molar-refractivity contribution in [3.8, 4) is 5.75 Å². The van der Waals surface area contributed by atoms with Crippen LogP contribution in [0.5, 0.6) is 5.75 Å². The van der Waals surface area contributed by atoms with Crippen molar-refractivity contribution in [2.45, 2.75) is 25.3 Å². The van der Waals surface area contributed by atoms with Gasteiger partial charge in [-0.15, -0.1) is 12.4 Å². The summed E-state index contributed by atoms with van der Waals surface area (Å²) in [6.45, 7) is 1.87. The summed E-state index contributed by atoms with van der Waals surface area (Å²) in [4.78, 5) is 2.33. The van der Waals surface area contributed by atoms with Gasteiger partial charge in [0.1, 0.15) is 11.6 Å². The molecule has 0 bridgehead atoms. The van der Waals surface area contributed by atoms with Crippen LogP contribution in [0.4, 0.5) is 10.1 Å². The molecule has 1 atom stereocenters. The van der Waals surface area contributed by atoms with Gasteiger partial charge in [0.25, 0.3) is 0 Å². The molecule has 0 spiro atoms. The van der Waals surface area contributed by atoms with Crippen molar-refractivity contribution in [1.82, 2.24) is 0 Å². The normalized spacial score (nSPS) is 17.6. The number of hydrogen-bond donors (Lipinski definition) is 1. The fraction of sp³-hybridized carbons (Fsp3) is 0.259. The van der Waals surface area contributed by atoms with Crippen LogP contribution >= 0.6 is 24.0 Å². The lowest BCUT2D eigenvalue weighted by molar-refractivity contribution is 0.414. The second kappa shape index (κ2) is 9.76. The summed E-state index contributed by atoms with van der Waals surface area (Å²) in [5, 5.41) is 0.437. The fourth-order valence-electron chi connectivity index (χ4n) is 4.87. The van der Waals surface area contributed by atoms with E-state index in [0.717, 1.165) is 65.9 Å². The van der Waals surface area contributed by atoms with Crippen LogP contribution in [0.2, 0.25) is 5.02 Å². The molecule has 3 aromatic rings. The molecule has 1 heterocycles. The summed E-state index contributed by atoms with van der Waals surface area (Å²) in [5.41, 5.74) is 14.0. The zero-order valence-electron chi connectivity index (χ0n) is 18.5. The monoisotopic (exact) mass is 484 g/mol. The van der Waals surface area contributed by atoms with E-state index in [-0.39, 0.29) is 24.3 Å². The summed E-state index contributed by atoms with van der Waals surface area (Å²) >= 11 is 6.51. The first-order valence-corrected chi connectivity index (χ1v) is 11.4. The second-order valence-corrected chi connectivity index (χ2v) is 8.95. The van der Waals surface area contributed by atoms with Crippen LogP contribution in [-0.4, -0.2) is 26.2 Å². The van der Waals surface area contributed by atoms with Crippen molar-refractivity contribution in [3.05, 3.63) is 93.8 Å². The lowest BCUT2D eigenvalue weighted by atomic mass is 9.79. The first kappa shape index (κ1) is 23.6. The molecule has 172 valence electrons. The second-order valence-electron chi connectivity index (χ2n) is 8.54. The largest absolute Gasteiger partial charge is 0.497 e. The van der Waals surface area contributed by atoms with Crippen molar-refractivity contribution in [2.24, 2.45) is 5.73 Å². The van der Waals surface area contributed by atoms with Crippen LogP contribution in [0.25, 0.3) is 11.1 Å². The molecule has 6 heteroatoms. The van der Waals surface area contributed by atoms with E-state index < -0.39 is 0 Å². The fourth-order valence-corrected chi connectivity index (χ4v) is 5.16. The van der Waals surface area contributed by atoms with Gasteiger partial charge in [-0.1, -0.05) is 35.9 Å². The zero-order chi connectivity index (χ0) is 22.2. The van der Waals surface area contributed by atoms with Gasteiger partial charge in [0, 0.05) is 24.8 Å². The van der Waals surface area contributed by atoms with Crippen molar-refractivity contribution in [1.29, 1.82) is 0 Å². The number of halogens is 3. The number of nitrogens with zero attached hydrogens (tertiary/aromatic N) is 1. The molecule has 3 aromatic carbocycles. The number of hydrogen-bond acceptors (Lipinski definition) is 3. The quantitative estimate of drug-likeness (QED) is 0.468. The predicted molar refractivity (Wildman–Crippen MR) is 137 cm³/mol. The number of fused-ring (bicyclic) bond motifs is 1. The topological polar surface area (TPSA) is 38.5 Å². The van der Waals surface area contributed by atoms with Crippen LogP contribution < -0.4 is 15.4 Å². The maximum atomic E-state index is 13.8. The molecule has 5 rings (SSSR count). The van der Waals surface area contributed by atoms with Gasteiger partial charge in [-0.25, -0.2) is 4.39 Å². The highest BCUT2D eigenvalue weighted by Crippen LogP contribution is 2.44. The molecule has 1 aliphatic heterocycles. The van der Waals surface area contributed by atoms with Gasteiger partial charge in [0.15, 0.2) is 0 Å². The molecule has 0 amide bonds. The standard InChI is InChI=1S/C27H26ClFN2O.ClH/c1-32-22-9-4-17-5-10-24(23-11-6-19(29)14-26(23)28)27(25(17)15-22)18-2-7-21(8-3-18)31-13-12-20(30)16-31;/h2-4,6-9,11,14-15,20H,5,10,12-13,16,30H2,1H3;1H/t20-;/m0./s1. The zero-order valence-corrected chi connectivity index (χ0v) is 20.1. The SMILES string of the molecule is COc1ccc2c(c1)C(c1ccc(N3CC[C@H](N)C3)cc1)=C(c1ccc(F)cc1Cl)CC2.Cl. The van der Waals surface area contributed by atoms with Gasteiger partial charge >= 0.3 is 0 Å². The Kier molecular flexibility index (Phi) is 6.99. The maximum Gasteiger partial charge on any atom is 0.124 e. The Morgan fingerprint density at radius 1 is 1.00 bits per heavy atom. The molecule has 0 saturated carbocycles. The predicted octanol–water partition coefficient (Wildman–Crippen LogP) is 6.35. The van der Waals surface area contributed by atoms with E-state index in [2.05, 4.69) is 41.3 Å². The highest BCUT2D eigenvalue weighted by atomic mass is 35.5. The smallest absolute Gasteiger partial charge is 0.124 e. The Labute approximate surface area is 205 Å². The minimum atomic E-state index is -0.327. The van der Waals surface area contributed by atoms with Gasteiger partial charge in [-0.05, 0) is 89.1 Å². The summed E-state index contributed by atoms with van der Waals surface area (Å²) < 4.78 is 19.3. The van der Waals surface area contributed by atoms with Crippen molar-refractivity contribution in [3.63, 3.8) is 0 Å². The number of benzene rings is 3. The van der Waals surface area contributed by atoms with Crippen molar-refractivity contribution < 1.29 is 9.13 Å². The number of nitrogens with two attached hydrogens (primary N) is 1. The molecular formula is C27H27Cl2FN2O. The molecule has 0 aromatic heterocycles. The number of anilines is 1. The highest BCUT2D eigenvalue weighted by Gasteiger charge is 2.24. The van der Waals surface area contributed by atoms with Crippen LogP contribution in [0.15, 0.2) is 60.7 Å². The van der Waals surface area contributed by atoms with E-state index >= 15 is 0 Å². The van der Waals surface area contributed by atoms with Gasteiger partial charge in [0.05, 0.1) is 12.1 Å². The summed E-state index contributed by atoms with van der Waals surface area (Å²) in [5.74, 6) is 0.488. The van der Waals surface area contributed by atoms with Gasteiger partial charge < -0.3 is 15.4 Å². The summed E-state index contributed by atoms with van der Waals surface area (Å²) in [7, 11) is 1.68. The molecule has 33 heavy (non-hydrogen) atoms. The molecule has 1 aliphatic carbocycles. The molecule has 1 saturated heterocycles. The number of aryl methyl sites for hydroxylation is 1. The third-order valence-electron chi connectivity index (χ3n) is 6.53. The van der Waals surface area contributed by atoms with Gasteiger partial charge in [-0.3, -0.25) is 0 Å². The van der Waals surface area contributed by atoms with E-state index in [0.29, 0.717) is 5.02 Å². The van der Waals surface area contributed by atoms with Crippen LogP contribution in [-0.2, 0) is 6.42 Å². The average molecular weight is 485 g/mol. The molecule has 0 unspecified atom stereocenters. The Morgan fingerprint density at radius 3 is 2.45 bits per heavy atom. The van der Waals surface area contributed by atoms with Crippen LogP contribution in [0, 0.1) is 5.82 Å². The molecule has 2 aliphatic rings. The lowest BCUT2D eigenvalue weighted by Crippen LogP contribution is -2.26. The highest BCUT2D eigenvalue weighted by molar-refractivity contribution is 6.32. The maximum absolute atomic E-state index is 13.8. The minimum absolute atomic E-state index is 0. The number of rotatable bonds is 4. The van der Waals surface area contributed by atoms with Crippen LogP contribution in [0.1, 0.15) is 35.1 Å². The van der Waals surface area contributed by atoms with Crippen LogP contribution in [0.3, 0.4) is 0 Å². The number of methoxy groups -OCH3 is 1. The molecule has 2 N–H and O–H groups in total. The Balaban J connectivity index is 0.00000259. The summed E-state index contributed by atoms with van der Waals surface area (Å²) in [6.07, 6.45) is 2.76. The lowest BCUT2D eigenvalue weighted by Gasteiger charge is -2.26. The van der Waals surface area contributed by atoms with Crippen molar-refractivity contribution >= 4 is 40.8 Å². The van der Waals surface area contributed by atoms with Gasteiger partial charge in [0.2, 0.25) is 0 Å². The summed E-state index contributed by atoms with van der Waals surface area (Å²) in [6, 6.07) is 19.8. The Hall–Kier alpha value is -2.53. The van der Waals surface area contributed by atoms with Gasteiger partial charge in [-0.2, -0.15) is 0 Å². The number of allylic oxidation sites excluding steroid dienone is 1. The van der Waals surface area contributed by atoms with E-state index in [9.17, 15) is 4.39 Å². The third-order valence-corrected chi connectivity index (χ3v) is 6.85. The van der Waals surface area contributed by atoms with E-state index in [4.69, 9.17) is 22.1 Å². The van der Waals surface area contributed by atoms with E-state index in [1.54, 1.807) is 13.2 Å². The molecule has 0 radical (unpaired) electrons. The number of ether oxygens (including phenoxy) is 1. The van der Waals surface area contributed by atoms with Crippen molar-refractivity contribution in [2.75, 3.05) is 25.1 Å². The average Bonchev–Trinajstić information content (AvgIpc) is 3.24. The molecule has 1 fully saturated rings. The van der Waals surface area contributed by atoms with E-state index in [1.807, 2.05) is 6.07 Å². The first-order valence-electron chi connectivity index (χ1n) is 11.0. The molecular weight excluding hydrogens is 458 g/mol. The Morgan fingerprint density at radius 2 is 1.79 bits per heavy atom. The molecule has 3 nitrogen and oxygen atoms in total. The van der Waals surface area contributed by atoms with E-state index in [1.165, 1.54) is 23.4 Å². The Bertz CT molecular complexity index is 1190. The minimum Gasteiger partial charge on any atom is -0.497 e. The third kappa shape index (κ3) is 4.61. The first-order chi connectivity index (χ1) is 15.5.